The largest absolute Gasteiger partial charge is 0.457 e. The van der Waals surface area contributed by atoms with Gasteiger partial charge in [-0.2, -0.15) is 5.10 Å². The number of anilines is 1. The lowest BCUT2D eigenvalue weighted by molar-refractivity contribution is -0.384. The Kier molecular flexibility index (Phi) is 5.01. The zero-order valence-corrected chi connectivity index (χ0v) is 13.2. The number of benzene rings is 3. The normalized spacial score (nSPS) is 10.6. The van der Waals surface area contributed by atoms with Gasteiger partial charge < -0.3 is 4.74 Å². The molecule has 0 spiro atoms. The number of hydrazone groups is 1. The SMILES string of the molecule is O=[N+]([O-])c1ccccc1N/N=C\c1cccc(Oc2ccccc2)c1. The van der Waals surface area contributed by atoms with Crippen LogP contribution in [0, 0.1) is 10.1 Å². The Labute approximate surface area is 144 Å². The van der Waals surface area contributed by atoms with E-state index in [2.05, 4.69) is 10.5 Å². The average Bonchev–Trinajstić information content (AvgIpc) is 2.63. The first-order chi connectivity index (χ1) is 12.2. The Balaban J connectivity index is 1.70. The van der Waals surface area contributed by atoms with Crippen LogP contribution in [0.3, 0.4) is 0 Å². The number of para-hydroxylation sites is 3. The van der Waals surface area contributed by atoms with Crippen molar-refractivity contribution in [1.82, 2.24) is 0 Å². The van der Waals surface area contributed by atoms with Crippen LogP contribution in [0.25, 0.3) is 0 Å². The fourth-order valence-corrected chi connectivity index (χ4v) is 2.19. The molecule has 1 N–H and O–H groups in total. The summed E-state index contributed by atoms with van der Waals surface area (Å²) in [5.74, 6) is 1.43. The maximum absolute atomic E-state index is 11.0. The van der Waals surface area contributed by atoms with E-state index >= 15 is 0 Å². The number of hydrogen-bond acceptors (Lipinski definition) is 5. The van der Waals surface area contributed by atoms with Gasteiger partial charge in [-0.05, 0) is 35.9 Å². The Hall–Kier alpha value is -3.67. The molecule has 3 rings (SSSR count). The molecule has 0 saturated carbocycles. The highest BCUT2D eigenvalue weighted by Crippen LogP contribution is 2.23. The summed E-state index contributed by atoms with van der Waals surface area (Å²) in [4.78, 5) is 10.5. The number of rotatable bonds is 6. The van der Waals surface area contributed by atoms with Crippen molar-refractivity contribution in [2.75, 3.05) is 5.43 Å². The zero-order valence-electron chi connectivity index (χ0n) is 13.2. The third kappa shape index (κ3) is 4.42. The zero-order chi connectivity index (χ0) is 17.5. The van der Waals surface area contributed by atoms with Gasteiger partial charge >= 0.3 is 0 Å². The number of nitro groups is 1. The van der Waals surface area contributed by atoms with Crippen molar-refractivity contribution >= 4 is 17.6 Å². The smallest absolute Gasteiger partial charge is 0.294 e. The second-order valence-electron chi connectivity index (χ2n) is 5.13. The van der Waals surface area contributed by atoms with Gasteiger partial charge in [0, 0.05) is 6.07 Å². The van der Waals surface area contributed by atoms with Crippen LogP contribution in [0.5, 0.6) is 11.5 Å². The summed E-state index contributed by atoms with van der Waals surface area (Å²) in [5.41, 5.74) is 3.81. The second kappa shape index (κ2) is 7.74. The molecule has 25 heavy (non-hydrogen) atoms. The molecule has 0 aromatic heterocycles. The van der Waals surface area contributed by atoms with Crippen molar-refractivity contribution in [3.8, 4) is 11.5 Å². The minimum absolute atomic E-state index is 0.0270. The Morgan fingerprint density at radius 2 is 1.64 bits per heavy atom. The van der Waals surface area contributed by atoms with Crippen LogP contribution in [0.1, 0.15) is 5.56 Å². The number of ether oxygens (including phenoxy) is 1. The van der Waals surface area contributed by atoms with Gasteiger partial charge in [0.25, 0.3) is 5.69 Å². The third-order valence-electron chi connectivity index (χ3n) is 3.34. The lowest BCUT2D eigenvalue weighted by Crippen LogP contribution is -1.96. The first-order valence-corrected chi connectivity index (χ1v) is 7.58. The van der Waals surface area contributed by atoms with E-state index in [1.165, 1.54) is 6.07 Å². The van der Waals surface area contributed by atoms with Gasteiger partial charge in [0.1, 0.15) is 17.2 Å². The lowest BCUT2D eigenvalue weighted by atomic mass is 10.2. The van der Waals surface area contributed by atoms with Gasteiger partial charge in [-0.25, -0.2) is 0 Å². The van der Waals surface area contributed by atoms with Crippen LogP contribution in [0.2, 0.25) is 0 Å². The molecule has 6 heteroatoms. The third-order valence-corrected chi connectivity index (χ3v) is 3.34. The molecule has 0 heterocycles. The standard InChI is InChI=1S/C19H15N3O3/c23-22(24)19-12-5-4-11-18(19)21-20-14-15-7-6-10-17(13-15)25-16-8-2-1-3-9-16/h1-14,21H/b20-14-. The minimum Gasteiger partial charge on any atom is -0.457 e. The topological polar surface area (TPSA) is 76.8 Å². The molecule has 0 fully saturated rings. The Bertz CT molecular complexity index is 895. The summed E-state index contributed by atoms with van der Waals surface area (Å²) in [6.07, 6.45) is 1.58. The van der Waals surface area contributed by atoms with Gasteiger partial charge in [-0.15, -0.1) is 0 Å². The molecule has 3 aromatic rings. The van der Waals surface area contributed by atoms with Gasteiger partial charge in [-0.3, -0.25) is 15.5 Å². The molecule has 3 aromatic carbocycles. The quantitative estimate of drug-likeness (QED) is 0.398. The average molecular weight is 333 g/mol. The van der Waals surface area contributed by atoms with Gasteiger partial charge in [0.05, 0.1) is 11.1 Å². The van der Waals surface area contributed by atoms with E-state index in [1.54, 1.807) is 24.4 Å². The van der Waals surface area contributed by atoms with Crippen molar-refractivity contribution in [2.24, 2.45) is 5.10 Å². The molecule has 0 unspecified atom stereocenters. The molecule has 0 saturated heterocycles. The maximum atomic E-state index is 11.0. The van der Waals surface area contributed by atoms with Crippen molar-refractivity contribution in [3.05, 3.63) is 94.5 Å². The number of nitrogens with one attached hydrogen (secondary N) is 1. The first-order valence-electron chi connectivity index (χ1n) is 7.58. The second-order valence-corrected chi connectivity index (χ2v) is 5.13. The highest BCUT2D eigenvalue weighted by Gasteiger charge is 2.10. The van der Waals surface area contributed by atoms with E-state index in [1.807, 2.05) is 54.6 Å². The summed E-state index contributed by atoms with van der Waals surface area (Å²) in [6.45, 7) is 0. The molecule has 0 aliphatic heterocycles. The van der Waals surface area contributed by atoms with Gasteiger partial charge in [-0.1, -0.05) is 42.5 Å². The van der Waals surface area contributed by atoms with Crippen molar-refractivity contribution < 1.29 is 9.66 Å². The highest BCUT2D eigenvalue weighted by atomic mass is 16.6. The van der Waals surface area contributed by atoms with Crippen molar-refractivity contribution in [3.63, 3.8) is 0 Å². The van der Waals surface area contributed by atoms with Gasteiger partial charge in [0.15, 0.2) is 0 Å². The Morgan fingerprint density at radius 1 is 0.920 bits per heavy atom. The van der Waals surface area contributed by atoms with Crippen LogP contribution >= 0.6 is 0 Å². The van der Waals surface area contributed by atoms with Crippen molar-refractivity contribution in [2.45, 2.75) is 0 Å². The van der Waals surface area contributed by atoms with E-state index in [0.717, 1.165) is 11.3 Å². The lowest BCUT2D eigenvalue weighted by Gasteiger charge is -2.06. The molecule has 0 atom stereocenters. The van der Waals surface area contributed by atoms with E-state index in [4.69, 9.17) is 4.74 Å². The summed E-state index contributed by atoms with van der Waals surface area (Å²) in [6, 6.07) is 23.2. The van der Waals surface area contributed by atoms with E-state index in [0.29, 0.717) is 11.4 Å². The van der Waals surface area contributed by atoms with E-state index < -0.39 is 4.92 Å². The fourth-order valence-electron chi connectivity index (χ4n) is 2.19. The predicted octanol–water partition coefficient (Wildman–Crippen LogP) is 4.83. The molecule has 0 radical (unpaired) electrons. The number of nitro benzene ring substituents is 1. The molecule has 0 aliphatic rings. The van der Waals surface area contributed by atoms with E-state index in [9.17, 15) is 10.1 Å². The summed E-state index contributed by atoms with van der Waals surface area (Å²) in [5, 5.41) is 15.0. The molecular weight excluding hydrogens is 318 g/mol. The summed E-state index contributed by atoms with van der Waals surface area (Å²) in [7, 11) is 0. The maximum Gasteiger partial charge on any atom is 0.294 e. The van der Waals surface area contributed by atoms with Gasteiger partial charge in [0.2, 0.25) is 0 Å². The molecule has 0 bridgehead atoms. The first kappa shape index (κ1) is 16.2. The van der Waals surface area contributed by atoms with Crippen molar-refractivity contribution in [1.29, 1.82) is 0 Å². The van der Waals surface area contributed by atoms with Crippen LogP contribution in [0.4, 0.5) is 11.4 Å². The minimum atomic E-state index is -0.452. The fraction of sp³-hybridized carbons (Fsp3) is 0. The molecule has 6 nitrogen and oxygen atoms in total. The summed E-state index contributed by atoms with van der Waals surface area (Å²) < 4.78 is 5.76. The number of nitrogens with zero attached hydrogens (tertiary/aromatic N) is 2. The molecule has 0 amide bonds. The predicted molar refractivity (Wildman–Crippen MR) is 97.3 cm³/mol. The summed E-state index contributed by atoms with van der Waals surface area (Å²) >= 11 is 0. The van der Waals surface area contributed by atoms with Crippen LogP contribution < -0.4 is 10.2 Å². The molecule has 124 valence electrons. The van der Waals surface area contributed by atoms with Crippen LogP contribution in [-0.2, 0) is 0 Å². The van der Waals surface area contributed by atoms with Crippen LogP contribution in [-0.4, -0.2) is 11.1 Å². The molecule has 0 aliphatic carbocycles. The number of hydrogen-bond donors (Lipinski definition) is 1. The monoisotopic (exact) mass is 333 g/mol. The highest BCUT2D eigenvalue weighted by molar-refractivity contribution is 5.81. The molecular formula is C19H15N3O3. The van der Waals surface area contributed by atoms with Crippen LogP contribution in [0.15, 0.2) is 84.0 Å². The van der Waals surface area contributed by atoms with E-state index in [-0.39, 0.29) is 5.69 Å². The Morgan fingerprint density at radius 3 is 2.44 bits per heavy atom.